The molecule has 0 aliphatic heterocycles. The molecular weight excluding hydrogens is 328 g/mol. The first-order valence-electron chi connectivity index (χ1n) is 4.46. The van der Waals surface area contributed by atoms with Crippen LogP contribution in [0.2, 0.25) is 5.15 Å². The largest absolute Gasteiger partial charge is 0.476 e. The molecule has 1 aliphatic carbocycles. The van der Waals surface area contributed by atoms with E-state index in [4.69, 9.17) is 16.7 Å². The molecule has 1 aromatic rings. The number of aromatic carboxylic acids is 1. The van der Waals surface area contributed by atoms with Crippen LogP contribution in [-0.2, 0) is 0 Å². The minimum Gasteiger partial charge on any atom is -0.476 e. The number of carboxylic acid groups (broad SMARTS) is 1. The third kappa shape index (κ3) is 2.15. The van der Waals surface area contributed by atoms with Gasteiger partial charge in [-0.3, -0.25) is 0 Å². The predicted octanol–water partition coefficient (Wildman–Crippen LogP) is 3.12. The van der Waals surface area contributed by atoms with E-state index in [1.807, 2.05) is 0 Å². The predicted molar refractivity (Wildman–Crippen MR) is 55.1 cm³/mol. The van der Waals surface area contributed by atoms with Gasteiger partial charge in [-0.25, -0.2) is 9.78 Å². The molecule has 17 heavy (non-hydrogen) atoms. The Hall–Kier alpha value is -0.760. The molecule has 0 aromatic carbocycles. The summed E-state index contributed by atoms with van der Waals surface area (Å²) in [5, 5.41) is 8.44. The van der Waals surface area contributed by atoms with Crippen LogP contribution in [-0.4, -0.2) is 26.8 Å². The highest BCUT2D eigenvalue weighted by Crippen LogP contribution is 2.55. The highest BCUT2D eigenvalue weighted by atomic mass is 79.9. The second-order valence-electron chi connectivity index (χ2n) is 3.65. The molecule has 2 rings (SSSR count). The summed E-state index contributed by atoms with van der Waals surface area (Å²) < 4.78 is 38.2. The molecule has 94 valence electrons. The van der Waals surface area contributed by atoms with Gasteiger partial charge in [-0.1, -0.05) is 11.6 Å². The molecule has 1 N–H and O–H groups in total. The van der Waals surface area contributed by atoms with E-state index in [2.05, 4.69) is 20.9 Å². The molecule has 1 aliphatic rings. The molecule has 0 bridgehead atoms. The maximum Gasteiger partial charge on any atom is 0.393 e. The van der Waals surface area contributed by atoms with Crippen LogP contribution in [0.4, 0.5) is 13.2 Å². The van der Waals surface area contributed by atoms with Crippen LogP contribution in [0.3, 0.4) is 0 Å². The monoisotopic (exact) mass is 332 g/mol. The van der Waals surface area contributed by atoms with Gasteiger partial charge in [-0.15, -0.1) is 0 Å². The van der Waals surface area contributed by atoms with Crippen LogP contribution in [0, 0.1) is 5.92 Å². The lowest BCUT2D eigenvalue weighted by Gasteiger charge is -2.07. The molecule has 1 heterocycles. The molecule has 9 heteroatoms. The summed E-state index contributed by atoms with van der Waals surface area (Å²) in [4.78, 5) is 14.3. The topological polar surface area (TPSA) is 55.1 Å². The lowest BCUT2D eigenvalue weighted by Crippen LogP contribution is -2.13. The molecule has 1 saturated carbocycles. The van der Waals surface area contributed by atoms with Gasteiger partial charge in [0.15, 0.2) is 10.4 Å². The van der Waals surface area contributed by atoms with Crippen molar-refractivity contribution in [3.63, 3.8) is 0 Å². The maximum absolute atomic E-state index is 12.4. The lowest BCUT2D eigenvalue weighted by molar-refractivity contribution is -0.150. The lowest BCUT2D eigenvalue weighted by atomic mass is 10.4. The number of hydrogen-bond donors (Lipinski definition) is 1. The first kappa shape index (κ1) is 12.7. The number of aromatic nitrogens is 2. The summed E-state index contributed by atoms with van der Waals surface area (Å²) in [6, 6.07) is -0.877. The van der Waals surface area contributed by atoms with Crippen molar-refractivity contribution in [1.29, 1.82) is 0 Å². The quantitative estimate of drug-likeness (QED) is 0.905. The Kier molecular flexibility index (Phi) is 2.89. The van der Waals surface area contributed by atoms with E-state index in [1.165, 1.54) is 0 Å². The zero-order chi connectivity index (χ0) is 13.0. The van der Waals surface area contributed by atoms with E-state index in [0.717, 1.165) is 4.57 Å². The Morgan fingerprint density at radius 1 is 1.59 bits per heavy atom. The van der Waals surface area contributed by atoms with Crippen LogP contribution in [0.25, 0.3) is 0 Å². The number of carbonyl (C=O) groups is 1. The minimum absolute atomic E-state index is 0.00310. The summed E-state index contributed by atoms with van der Waals surface area (Å²) in [6.45, 7) is 0. The van der Waals surface area contributed by atoms with Crippen molar-refractivity contribution in [2.45, 2.75) is 18.6 Å². The zero-order valence-corrected chi connectivity index (χ0v) is 10.3. The van der Waals surface area contributed by atoms with Crippen LogP contribution in [0.15, 0.2) is 4.73 Å². The van der Waals surface area contributed by atoms with E-state index < -0.39 is 29.8 Å². The van der Waals surface area contributed by atoms with Gasteiger partial charge < -0.3 is 9.67 Å². The fraction of sp³-hybridized carbons (Fsp3) is 0.500. The fourth-order valence-corrected chi connectivity index (χ4v) is 2.67. The normalized spacial score (nSPS) is 23.8. The van der Waals surface area contributed by atoms with Gasteiger partial charge in [0.1, 0.15) is 5.15 Å². The number of rotatable bonds is 2. The molecule has 2 atom stereocenters. The molecule has 0 spiro atoms. The minimum atomic E-state index is -4.30. The van der Waals surface area contributed by atoms with E-state index >= 15 is 0 Å². The molecule has 0 saturated heterocycles. The molecule has 2 unspecified atom stereocenters. The fourth-order valence-electron chi connectivity index (χ4n) is 1.62. The maximum atomic E-state index is 12.4. The molecule has 0 radical (unpaired) electrons. The van der Waals surface area contributed by atoms with E-state index in [0.29, 0.717) is 0 Å². The standard InChI is InChI=1S/C8H5BrClF3N2O2/c9-7-14-4(6(16)17)5(10)15(7)3-1-2(3)8(11,12)13/h2-3H,1H2,(H,16,17). The summed E-state index contributed by atoms with van der Waals surface area (Å²) in [6.07, 6.45) is -4.42. The van der Waals surface area contributed by atoms with Gasteiger partial charge in [0.05, 0.1) is 5.92 Å². The molecule has 0 amide bonds. The summed E-state index contributed by atoms with van der Waals surface area (Å²) in [5.74, 6) is -2.87. The Balaban J connectivity index is 2.33. The number of nitrogens with zero attached hydrogens (tertiary/aromatic N) is 2. The Labute approximate surface area is 107 Å². The summed E-state index contributed by atoms with van der Waals surface area (Å²) >= 11 is 8.61. The number of alkyl halides is 3. The average Bonchev–Trinajstić information content (AvgIpc) is 2.88. The van der Waals surface area contributed by atoms with Crippen LogP contribution in [0.5, 0.6) is 0 Å². The van der Waals surface area contributed by atoms with Crippen molar-refractivity contribution in [1.82, 2.24) is 9.55 Å². The zero-order valence-electron chi connectivity index (χ0n) is 8.00. The average molecular weight is 333 g/mol. The third-order valence-corrected chi connectivity index (χ3v) is 3.44. The summed E-state index contributed by atoms with van der Waals surface area (Å²) in [7, 11) is 0. The molecule has 4 nitrogen and oxygen atoms in total. The second-order valence-corrected chi connectivity index (χ2v) is 4.71. The first-order valence-corrected chi connectivity index (χ1v) is 5.63. The van der Waals surface area contributed by atoms with Gasteiger partial charge in [-0.2, -0.15) is 13.2 Å². The second kappa shape index (κ2) is 3.88. The van der Waals surface area contributed by atoms with Crippen molar-refractivity contribution >= 4 is 33.5 Å². The number of hydrogen-bond acceptors (Lipinski definition) is 2. The smallest absolute Gasteiger partial charge is 0.393 e. The van der Waals surface area contributed by atoms with Crippen molar-refractivity contribution in [2.24, 2.45) is 5.92 Å². The van der Waals surface area contributed by atoms with E-state index in [1.54, 1.807) is 0 Å². The van der Waals surface area contributed by atoms with Crippen molar-refractivity contribution in [3.8, 4) is 0 Å². The van der Waals surface area contributed by atoms with Gasteiger partial charge in [0, 0.05) is 6.04 Å². The van der Waals surface area contributed by atoms with Gasteiger partial charge in [0.25, 0.3) is 0 Å². The van der Waals surface area contributed by atoms with Crippen molar-refractivity contribution in [2.75, 3.05) is 0 Å². The Morgan fingerprint density at radius 3 is 2.53 bits per heavy atom. The molecule has 1 aromatic heterocycles. The number of halogens is 5. The van der Waals surface area contributed by atoms with E-state index in [9.17, 15) is 18.0 Å². The van der Waals surface area contributed by atoms with E-state index in [-0.39, 0.29) is 16.3 Å². The van der Waals surface area contributed by atoms with Gasteiger partial charge in [-0.05, 0) is 22.4 Å². The van der Waals surface area contributed by atoms with Crippen LogP contribution >= 0.6 is 27.5 Å². The Bertz CT molecular complexity index is 488. The van der Waals surface area contributed by atoms with Crippen LogP contribution < -0.4 is 0 Å². The van der Waals surface area contributed by atoms with Gasteiger partial charge in [0.2, 0.25) is 0 Å². The number of carboxylic acids is 1. The Morgan fingerprint density at radius 2 is 2.18 bits per heavy atom. The summed E-state index contributed by atoms with van der Waals surface area (Å²) in [5.41, 5.74) is -0.452. The molecular formula is C8H5BrClF3N2O2. The third-order valence-electron chi connectivity index (χ3n) is 2.52. The van der Waals surface area contributed by atoms with Crippen molar-refractivity contribution < 1.29 is 23.1 Å². The number of imidazole rings is 1. The van der Waals surface area contributed by atoms with Crippen LogP contribution in [0.1, 0.15) is 23.0 Å². The highest BCUT2D eigenvalue weighted by molar-refractivity contribution is 9.10. The van der Waals surface area contributed by atoms with Crippen molar-refractivity contribution in [3.05, 3.63) is 15.6 Å². The SMILES string of the molecule is O=C(O)c1nc(Br)n(C2CC2C(F)(F)F)c1Cl. The van der Waals surface area contributed by atoms with Gasteiger partial charge >= 0.3 is 12.1 Å². The highest BCUT2D eigenvalue weighted by Gasteiger charge is 2.57. The molecule has 1 fully saturated rings. The first-order chi connectivity index (χ1) is 7.73.